The highest BCUT2D eigenvalue weighted by Crippen LogP contribution is 2.20. The molecule has 5 heteroatoms. The van der Waals surface area contributed by atoms with Gasteiger partial charge >= 0.3 is 0 Å². The SMILES string of the molecule is CN(Cc1ccccn1)C1CCCN(Cc2cnn3ccccc23)CC1. The molecule has 0 aliphatic carbocycles. The molecular weight excluding hydrogens is 322 g/mol. The number of nitrogens with zero attached hydrogens (tertiary/aromatic N) is 5. The summed E-state index contributed by atoms with van der Waals surface area (Å²) in [4.78, 5) is 9.52. The molecule has 26 heavy (non-hydrogen) atoms. The number of hydrogen-bond donors (Lipinski definition) is 0. The molecule has 0 N–H and O–H groups in total. The molecule has 3 aromatic rings. The van der Waals surface area contributed by atoms with Crippen molar-refractivity contribution in [1.82, 2.24) is 24.4 Å². The summed E-state index contributed by atoms with van der Waals surface area (Å²) in [5.41, 5.74) is 3.70. The average Bonchev–Trinajstić information content (AvgIpc) is 2.92. The Balaban J connectivity index is 1.36. The van der Waals surface area contributed by atoms with Crippen LogP contribution in [0.15, 0.2) is 55.0 Å². The van der Waals surface area contributed by atoms with Crippen molar-refractivity contribution in [3.63, 3.8) is 0 Å². The first-order valence-electron chi connectivity index (χ1n) is 9.53. The van der Waals surface area contributed by atoms with Crippen LogP contribution < -0.4 is 0 Å². The van der Waals surface area contributed by atoms with Gasteiger partial charge in [-0.3, -0.25) is 14.8 Å². The summed E-state index contributed by atoms with van der Waals surface area (Å²) < 4.78 is 1.97. The summed E-state index contributed by atoms with van der Waals surface area (Å²) in [6.45, 7) is 4.23. The maximum atomic E-state index is 4.47. The molecule has 0 aromatic carbocycles. The van der Waals surface area contributed by atoms with Gasteiger partial charge in [-0.15, -0.1) is 0 Å². The van der Waals surface area contributed by atoms with Gasteiger partial charge in [0.05, 0.1) is 17.4 Å². The molecule has 1 fully saturated rings. The summed E-state index contributed by atoms with van der Waals surface area (Å²) >= 11 is 0. The monoisotopic (exact) mass is 349 g/mol. The standard InChI is InChI=1S/C21H27N5/c1-24(17-19-7-2-4-11-22-19)20-8-6-12-25(14-10-20)16-18-15-23-26-13-5-3-9-21(18)26/h2-5,7,9,11,13,15,20H,6,8,10,12,14,16-17H2,1H3. The molecule has 0 amide bonds. The second-order valence-electron chi connectivity index (χ2n) is 7.30. The van der Waals surface area contributed by atoms with E-state index >= 15 is 0 Å². The van der Waals surface area contributed by atoms with Crippen LogP contribution in [0.25, 0.3) is 5.52 Å². The van der Waals surface area contributed by atoms with Crippen LogP contribution in [0.3, 0.4) is 0 Å². The Morgan fingerprint density at radius 2 is 2.04 bits per heavy atom. The molecular formula is C21H27N5. The van der Waals surface area contributed by atoms with Gasteiger partial charge in [0.25, 0.3) is 0 Å². The van der Waals surface area contributed by atoms with Crippen molar-refractivity contribution in [1.29, 1.82) is 0 Å². The lowest BCUT2D eigenvalue weighted by Crippen LogP contribution is -2.32. The number of pyridine rings is 2. The van der Waals surface area contributed by atoms with Crippen molar-refractivity contribution < 1.29 is 0 Å². The first-order chi connectivity index (χ1) is 12.8. The molecule has 4 heterocycles. The Morgan fingerprint density at radius 3 is 2.92 bits per heavy atom. The van der Waals surface area contributed by atoms with Gasteiger partial charge in [0.2, 0.25) is 0 Å². The Morgan fingerprint density at radius 1 is 1.12 bits per heavy atom. The van der Waals surface area contributed by atoms with Crippen molar-refractivity contribution in [3.8, 4) is 0 Å². The summed E-state index contributed by atoms with van der Waals surface area (Å²) in [5.74, 6) is 0. The van der Waals surface area contributed by atoms with Crippen LogP contribution in [0.1, 0.15) is 30.5 Å². The molecule has 1 atom stereocenters. The molecule has 1 unspecified atom stereocenters. The van der Waals surface area contributed by atoms with Crippen LogP contribution in [0.2, 0.25) is 0 Å². The minimum Gasteiger partial charge on any atom is -0.299 e. The molecule has 0 spiro atoms. The lowest BCUT2D eigenvalue weighted by molar-refractivity contribution is 0.204. The molecule has 3 aromatic heterocycles. The highest BCUT2D eigenvalue weighted by Gasteiger charge is 2.21. The molecule has 0 saturated carbocycles. The van der Waals surface area contributed by atoms with Crippen molar-refractivity contribution in [2.45, 2.75) is 38.4 Å². The second-order valence-corrected chi connectivity index (χ2v) is 7.30. The van der Waals surface area contributed by atoms with E-state index in [1.807, 2.05) is 35.2 Å². The average molecular weight is 349 g/mol. The van der Waals surface area contributed by atoms with Gasteiger partial charge in [-0.2, -0.15) is 5.10 Å². The van der Waals surface area contributed by atoms with Crippen LogP contribution in [0, 0.1) is 0 Å². The van der Waals surface area contributed by atoms with E-state index in [4.69, 9.17) is 0 Å². The maximum Gasteiger partial charge on any atom is 0.0706 e. The third-order valence-electron chi connectivity index (χ3n) is 5.45. The minimum absolute atomic E-state index is 0.630. The predicted molar refractivity (Wildman–Crippen MR) is 104 cm³/mol. The number of fused-ring (bicyclic) bond motifs is 1. The van der Waals surface area contributed by atoms with Crippen molar-refractivity contribution >= 4 is 5.52 Å². The summed E-state index contributed by atoms with van der Waals surface area (Å²) in [6, 6.07) is 13.1. The highest BCUT2D eigenvalue weighted by atomic mass is 15.2. The molecule has 4 rings (SSSR count). The fourth-order valence-corrected chi connectivity index (χ4v) is 3.96. The van der Waals surface area contributed by atoms with Gasteiger partial charge in [0.1, 0.15) is 0 Å². The van der Waals surface area contributed by atoms with Gasteiger partial charge < -0.3 is 0 Å². The molecule has 1 aliphatic heterocycles. The van der Waals surface area contributed by atoms with E-state index in [9.17, 15) is 0 Å². The van der Waals surface area contributed by atoms with Crippen LogP contribution in [0.4, 0.5) is 0 Å². The zero-order chi connectivity index (χ0) is 17.8. The van der Waals surface area contributed by atoms with Gasteiger partial charge in [-0.1, -0.05) is 12.1 Å². The zero-order valence-electron chi connectivity index (χ0n) is 15.5. The van der Waals surface area contributed by atoms with E-state index in [1.54, 1.807) is 0 Å². The Bertz CT molecular complexity index is 829. The van der Waals surface area contributed by atoms with E-state index in [0.29, 0.717) is 6.04 Å². The van der Waals surface area contributed by atoms with E-state index in [1.165, 1.54) is 30.3 Å². The molecule has 5 nitrogen and oxygen atoms in total. The van der Waals surface area contributed by atoms with Crippen molar-refractivity contribution in [2.75, 3.05) is 20.1 Å². The van der Waals surface area contributed by atoms with E-state index in [0.717, 1.165) is 31.9 Å². The van der Waals surface area contributed by atoms with Crippen LogP contribution >= 0.6 is 0 Å². The third kappa shape index (κ3) is 3.94. The van der Waals surface area contributed by atoms with E-state index in [2.05, 4.69) is 51.2 Å². The zero-order valence-corrected chi connectivity index (χ0v) is 15.5. The number of aromatic nitrogens is 3. The Hall–Kier alpha value is -2.24. The Kier molecular flexibility index (Phi) is 5.27. The topological polar surface area (TPSA) is 36.7 Å². The fraction of sp³-hybridized carbons (Fsp3) is 0.429. The quantitative estimate of drug-likeness (QED) is 0.709. The lowest BCUT2D eigenvalue weighted by Gasteiger charge is -2.27. The summed E-state index contributed by atoms with van der Waals surface area (Å²) in [6.07, 6.45) is 9.64. The predicted octanol–water partition coefficient (Wildman–Crippen LogP) is 3.22. The normalized spacial score (nSPS) is 19.1. The first kappa shape index (κ1) is 17.2. The molecule has 0 radical (unpaired) electrons. The van der Waals surface area contributed by atoms with Gasteiger partial charge in [-0.05, 0) is 63.7 Å². The van der Waals surface area contributed by atoms with Crippen LogP contribution in [-0.4, -0.2) is 50.6 Å². The molecule has 1 aliphatic rings. The van der Waals surface area contributed by atoms with Crippen LogP contribution in [0.5, 0.6) is 0 Å². The van der Waals surface area contributed by atoms with Crippen LogP contribution in [-0.2, 0) is 13.1 Å². The molecule has 1 saturated heterocycles. The van der Waals surface area contributed by atoms with Crippen molar-refractivity contribution in [3.05, 3.63) is 66.2 Å². The third-order valence-corrected chi connectivity index (χ3v) is 5.45. The smallest absolute Gasteiger partial charge is 0.0706 e. The van der Waals surface area contributed by atoms with Crippen molar-refractivity contribution in [2.24, 2.45) is 0 Å². The molecule has 136 valence electrons. The number of likely N-dealkylation sites (tertiary alicyclic amines) is 1. The fourth-order valence-electron chi connectivity index (χ4n) is 3.96. The van der Waals surface area contributed by atoms with E-state index < -0.39 is 0 Å². The molecule has 0 bridgehead atoms. The number of rotatable bonds is 5. The maximum absolute atomic E-state index is 4.47. The Labute approximate surface area is 155 Å². The highest BCUT2D eigenvalue weighted by molar-refractivity contribution is 5.53. The minimum atomic E-state index is 0.630. The van der Waals surface area contributed by atoms with Gasteiger partial charge in [0, 0.05) is 37.1 Å². The van der Waals surface area contributed by atoms with Gasteiger partial charge in [-0.25, -0.2) is 4.52 Å². The summed E-state index contributed by atoms with van der Waals surface area (Å²) in [7, 11) is 2.24. The summed E-state index contributed by atoms with van der Waals surface area (Å²) in [5, 5.41) is 4.47. The number of hydrogen-bond acceptors (Lipinski definition) is 4. The first-order valence-corrected chi connectivity index (χ1v) is 9.53. The van der Waals surface area contributed by atoms with Gasteiger partial charge in [0.15, 0.2) is 0 Å². The largest absolute Gasteiger partial charge is 0.299 e. The van der Waals surface area contributed by atoms with E-state index in [-0.39, 0.29) is 0 Å². The lowest BCUT2D eigenvalue weighted by atomic mass is 10.1. The second kappa shape index (κ2) is 7.98.